The van der Waals surface area contributed by atoms with E-state index in [2.05, 4.69) is 36.5 Å². The summed E-state index contributed by atoms with van der Waals surface area (Å²) in [6.45, 7) is 0.466. The molecule has 1 atom stereocenters. The molecule has 1 aliphatic rings. The number of nitrogens with one attached hydrogen (secondary N) is 1. The summed E-state index contributed by atoms with van der Waals surface area (Å²) in [4.78, 5) is 15.2. The maximum Gasteiger partial charge on any atom is 0.273 e. The maximum atomic E-state index is 13.1. The van der Waals surface area contributed by atoms with Gasteiger partial charge >= 0.3 is 0 Å². The van der Waals surface area contributed by atoms with E-state index in [4.69, 9.17) is 4.74 Å². The highest BCUT2D eigenvalue weighted by molar-refractivity contribution is 9.10. The van der Waals surface area contributed by atoms with Crippen molar-refractivity contribution in [1.82, 2.24) is 25.2 Å². The van der Waals surface area contributed by atoms with Crippen LogP contribution in [0.3, 0.4) is 0 Å². The van der Waals surface area contributed by atoms with Crippen LogP contribution in [-0.2, 0) is 0 Å². The number of likely N-dealkylation sites (N-methyl/N-ethyl adjacent to an activating group) is 1. The highest BCUT2D eigenvalue weighted by atomic mass is 79.9. The van der Waals surface area contributed by atoms with E-state index in [1.165, 1.54) is 0 Å². The van der Waals surface area contributed by atoms with Crippen LogP contribution in [0.2, 0.25) is 0 Å². The fourth-order valence-corrected chi connectivity index (χ4v) is 3.91. The Labute approximate surface area is 190 Å². The summed E-state index contributed by atoms with van der Waals surface area (Å²) in [5.41, 5.74) is 3.32. The molecule has 8 heteroatoms. The fourth-order valence-electron chi connectivity index (χ4n) is 3.64. The molecular formula is C23H26BrN5O2. The lowest BCUT2D eigenvalue weighted by Gasteiger charge is -2.25. The summed E-state index contributed by atoms with van der Waals surface area (Å²) >= 11 is 3.46. The van der Waals surface area contributed by atoms with Gasteiger partial charge in [-0.1, -0.05) is 33.3 Å². The molecule has 1 unspecified atom stereocenters. The third-order valence-electron chi connectivity index (χ3n) is 5.54. The predicted octanol–water partition coefficient (Wildman–Crippen LogP) is 3.95. The zero-order valence-electron chi connectivity index (χ0n) is 17.9. The number of methoxy groups -OCH3 is 1. The number of ether oxygens (including phenoxy) is 1. The average molecular weight is 484 g/mol. The van der Waals surface area contributed by atoms with Gasteiger partial charge in [-0.05, 0) is 68.9 Å². The van der Waals surface area contributed by atoms with Crippen molar-refractivity contribution in [2.45, 2.75) is 24.8 Å². The van der Waals surface area contributed by atoms with Crippen LogP contribution >= 0.6 is 15.9 Å². The van der Waals surface area contributed by atoms with Crippen molar-refractivity contribution in [3.05, 3.63) is 70.0 Å². The molecule has 3 aromatic rings. The summed E-state index contributed by atoms with van der Waals surface area (Å²) in [5, 5.41) is 11.6. The average Bonchev–Trinajstić information content (AvgIpc) is 3.52. The van der Waals surface area contributed by atoms with Crippen molar-refractivity contribution in [1.29, 1.82) is 0 Å². The minimum absolute atomic E-state index is 0.0285. The third kappa shape index (κ3) is 4.80. The first-order chi connectivity index (χ1) is 15.0. The second-order valence-corrected chi connectivity index (χ2v) is 8.86. The van der Waals surface area contributed by atoms with Crippen LogP contribution in [0.1, 0.15) is 46.5 Å². The van der Waals surface area contributed by atoms with E-state index in [9.17, 15) is 4.79 Å². The lowest BCUT2D eigenvalue weighted by Crippen LogP contribution is -2.35. The lowest BCUT2D eigenvalue weighted by molar-refractivity contribution is 0.0935. The van der Waals surface area contributed by atoms with Crippen molar-refractivity contribution >= 4 is 21.8 Å². The van der Waals surface area contributed by atoms with Gasteiger partial charge in [0.15, 0.2) is 5.69 Å². The van der Waals surface area contributed by atoms with Crippen LogP contribution in [0.4, 0.5) is 0 Å². The van der Waals surface area contributed by atoms with Crippen LogP contribution in [0.5, 0.6) is 5.75 Å². The summed E-state index contributed by atoms with van der Waals surface area (Å²) in [6, 6.07) is 15.8. The zero-order chi connectivity index (χ0) is 22.0. The Hall–Kier alpha value is -2.71. The van der Waals surface area contributed by atoms with Gasteiger partial charge in [0, 0.05) is 16.9 Å². The van der Waals surface area contributed by atoms with E-state index in [0.717, 1.165) is 40.0 Å². The molecular weight excluding hydrogens is 458 g/mol. The normalized spacial score (nSPS) is 14.5. The van der Waals surface area contributed by atoms with Gasteiger partial charge in [0.1, 0.15) is 5.75 Å². The van der Waals surface area contributed by atoms with E-state index >= 15 is 0 Å². The van der Waals surface area contributed by atoms with Crippen LogP contribution in [-0.4, -0.2) is 53.6 Å². The van der Waals surface area contributed by atoms with Crippen LogP contribution in [0.15, 0.2) is 53.0 Å². The Morgan fingerprint density at radius 1 is 1.19 bits per heavy atom. The number of amides is 1. The topological polar surface area (TPSA) is 72.3 Å². The SMILES string of the molecule is COc1ccc(C(CNC(=O)c2nnn(-c3ccc(Br)cc3)c2C2CC2)N(C)C)cc1. The zero-order valence-corrected chi connectivity index (χ0v) is 19.5. The molecule has 0 spiro atoms. The Morgan fingerprint density at radius 3 is 2.45 bits per heavy atom. The summed E-state index contributed by atoms with van der Waals surface area (Å²) < 4.78 is 8.04. The Morgan fingerprint density at radius 2 is 1.87 bits per heavy atom. The summed E-state index contributed by atoms with van der Waals surface area (Å²) in [6.07, 6.45) is 2.10. The molecule has 1 heterocycles. The monoisotopic (exact) mass is 483 g/mol. The molecule has 0 radical (unpaired) electrons. The largest absolute Gasteiger partial charge is 0.497 e. The van der Waals surface area contributed by atoms with E-state index in [0.29, 0.717) is 18.2 Å². The molecule has 1 fully saturated rings. The molecule has 1 saturated carbocycles. The number of hydrogen-bond acceptors (Lipinski definition) is 5. The number of carbonyl (C=O) groups is 1. The van der Waals surface area contributed by atoms with Crippen molar-refractivity contribution in [2.75, 3.05) is 27.7 Å². The molecule has 4 rings (SSSR count). The number of halogens is 1. The first kappa shape index (κ1) is 21.5. The van der Waals surface area contributed by atoms with Gasteiger partial charge in [0.05, 0.1) is 24.5 Å². The Balaban J connectivity index is 1.53. The van der Waals surface area contributed by atoms with Gasteiger partial charge in [0.25, 0.3) is 5.91 Å². The number of aromatic nitrogens is 3. The molecule has 1 N–H and O–H groups in total. The molecule has 1 aromatic heterocycles. The maximum absolute atomic E-state index is 13.1. The second-order valence-electron chi connectivity index (χ2n) is 7.95. The number of rotatable bonds is 8. The minimum Gasteiger partial charge on any atom is -0.497 e. The summed E-state index contributed by atoms with van der Waals surface area (Å²) in [5.74, 6) is 0.945. The Kier molecular flexibility index (Phi) is 6.38. The van der Waals surface area contributed by atoms with E-state index < -0.39 is 0 Å². The molecule has 0 bridgehead atoms. The summed E-state index contributed by atoms with van der Waals surface area (Å²) in [7, 11) is 5.65. The van der Waals surface area contributed by atoms with Gasteiger partial charge in [-0.2, -0.15) is 0 Å². The number of carbonyl (C=O) groups excluding carboxylic acids is 1. The molecule has 1 aliphatic carbocycles. The second kappa shape index (κ2) is 9.20. The highest BCUT2D eigenvalue weighted by Gasteiger charge is 2.34. The predicted molar refractivity (Wildman–Crippen MR) is 123 cm³/mol. The van der Waals surface area contributed by atoms with E-state index in [1.54, 1.807) is 11.8 Å². The van der Waals surface area contributed by atoms with Crippen molar-refractivity contribution in [3.8, 4) is 11.4 Å². The molecule has 2 aromatic carbocycles. The van der Waals surface area contributed by atoms with Gasteiger partial charge in [0.2, 0.25) is 0 Å². The molecule has 7 nitrogen and oxygen atoms in total. The fraction of sp³-hybridized carbons (Fsp3) is 0.348. The first-order valence-electron chi connectivity index (χ1n) is 10.3. The quantitative estimate of drug-likeness (QED) is 0.525. The third-order valence-corrected chi connectivity index (χ3v) is 6.06. The molecule has 0 saturated heterocycles. The molecule has 31 heavy (non-hydrogen) atoms. The van der Waals surface area contributed by atoms with Gasteiger partial charge in [-0.15, -0.1) is 5.10 Å². The van der Waals surface area contributed by atoms with Gasteiger partial charge in [-0.25, -0.2) is 4.68 Å². The lowest BCUT2D eigenvalue weighted by atomic mass is 10.1. The minimum atomic E-state index is -0.189. The number of nitrogens with zero attached hydrogens (tertiary/aromatic N) is 4. The van der Waals surface area contributed by atoms with Crippen molar-refractivity contribution in [3.63, 3.8) is 0 Å². The van der Waals surface area contributed by atoms with Gasteiger partial charge < -0.3 is 15.0 Å². The molecule has 0 aliphatic heterocycles. The van der Waals surface area contributed by atoms with Crippen LogP contribution < -0.4 is 10.1 Å². The number of hydrogen-bond donors (Lipinski definition) is 1. The first-order valence-corrected chi connectivity index (χ1v) is 11.1. The highest BCUT2D eigenvalue weighted by Crippen LogP contribution is 2.42. The van der Waals surface area contributed by atoms with E-state index in [-0.39, 0.29) is 11.9 Å². The standard InChI is InChI=1S/C23H26BrN5O2/c1-28(2)20(15-6-12-19(31-3)13-7-15)14-25-23(30)21-22(16-4-5-16)29(27-26-21)18-10-8-17(24)9-11-18/h6-13,16,20H,4-5,14H2,1-3H3,(H,25,30). The number of benzene rings is 2. The Bertz CT molecular complexity index is 1040. The molecule has 162 valence electrons. The smallest absolute Gasteiger partial charge is 0.273 e. The molecule has 1 amide bonds. The van der Waals surface area contributed by atoms with Crippen LogP contribution in [0, 0.1) is 0 Å². The van der Waals surface area contributed by atoms with E-state index in [1.807, 2.05) is 62.6 Å². The van der Waals surface area contributed by atoms with Crippen molar-refractivity contribution < 1.29 is 9.53 Å². The van der Waals surface area contributed by atoms with Crippen molar-refractivity contribution in [2.24, 2.45) is 0 Å². The van der Waals surface area contributed by atoms with Crippen LogP contribution in [0.25, 0.3) is 5.69 Å². The van der Waals surface area contributed by atoms with Gasteiger partial charge in [-0.3, -0.25) is 4.79 Å².